The standard InChI is InChI=1S/C30H35FN2O5S/c1-29(2,3)38-28(35)33-14-6-7-21(33)10-8-18-15-20(31)9-13-24(18)39-32-23-12-11-22-26(25(23)27(34)36-5)37-17-19-16-30(19,22)4/h8-13,15,19,21,32H,6-7,14,16-17H2,1-5H3/b10-8-/t19-,21-,30-/m0/s1. The van der Waals surface area contributed by atoms with Gasteiger partial charge >= 0.3 is 12.1 Å². The monoisotopic (exact) mass is 554 g/mol. The topological polar surface area (TPSA) is 77.1 Å². The van der Waals surface area contributed by atoms with Crippen LogP contribution in [0.25, 0.3) is 6.08 Å². The third-order valence-electron chi connectivity index (χ3n) is 7.67. The Balaban J connectivity index is 1.37. The predicted molar refractivity (Wildman–Crippen MR) is 150 cm³/mol. The maximum absolute atomic E-state index is 14.3. The van der Waals surface area contributed by atoms with E-state index in [0.29, 0.717) is 41.6 Å². The lowest BCUT2D eigenvalue weighted by Crippen LogP contribution is -2.39. The molecule has 1 saturated heterocycles. The predicted octanol–water partition coefficient (Wildman–Crippen LogP) is 6.81. The summed E-state index contributed by atoms with van der Waals surface area (Å²) in [5.74, 6) is 0.217. The van der Waals surface area contributed by atoms with Gasteiger partial charge in [0.25, 0.3) is 0 Å². The Kier molecular flexibility index (Phi) is 7.31. The smallest absolute Gasteiger partial charge is 0.410 e. The van der Waals surface area contributed by atoms with Crippen LogP contribution in [0.2, 0.25) is 0 Å². The zero-order valence-electron chi connectivity index (χ0n) is 23.0. The van der Waals surface area contributed by atoms with Crippen LogP contribution in [0.5, 0.6) is 5.75 Å². The van der Waals surface area contributed by atoms with E-state index in [1.54, 1.807) is 11.0 Å². The minimum absolute atomic E-state index is 0.0321. The van der Waals surface area contributed by atoms with Crippen LogP contribution in [0.15, 0.2) is 41.3 Å². The van der Waals surface area contributed by atoms with Gasteiger partial charge in [0.15, 0.2) is 0 Å². The number of hydrogen-bond donors (Lipinski definition) is 1. The first-order valence-electron chi connectivity index (χ1n) is 13.3. The fraction of sp³-hybridized carbons (Fsp3) is 0.467. The maximum atomic E-state index is 14.3. The molecule has 0 bridgehead atoms. The molecule has 2 aromatic carbocycles. The molecule has 208 valence electrons. The van der Waals surface area contributed by atoms with Crippen molar-refractivity contribution in [2.24, 2.45) is 5.92 Å². The Morgan fingerprint density at radius 2 is 2.05 bits per heavy atom. The number of halogens is 1. The Bertz CT molecular complexity index is 1320. The van der Waals surface area contributed by atoms with Crippen molar-refractivity contribution in [1.29, 1.82) is 0 Å². The van der Waals surface area contributed by atoms with E-state index in [9.17, 15) is 14.0 Å². The van der Waals surface area contributed by atoms with Gasteiger partial charge in [0.1, 0.15) is 22.7 Å². The summed E-state index contributed by atoms with van der Waals surface area (Å²) in [6.45, 7) is 8.94. The van der Waals surface area contributed by atoms with Gasteiger partial charge in [0, 0.05) is 28.3 Å². The molecule has 39 heavy (non-hydrogen) atoms. The number of anilines is 1. The molecule has 5 rings (SSSR count). The molecular formula is C30H35FN2O5S. The molecule has 1 saturated carbocycles. The number of carbonyl (C=O) groups excluding carboxylic acids is 2. The molecule has 2 aliphatic heterocycles. The third kappa shape index (κ3) is 5.60. The second-order valence-corrected chi connectivity index (χ2v) is 12.5. The van der Waals surface area contributed by atoms with Crippen LogP contribution < -0.4 is 9.46 Å². The van der Waals surface area contributed by atoms with E-state index in [4.69, 9.17) is 14.2 Å². The molecule has 0 spiro atoms. The Morgan fingerprint density at radius 1 is 1.26 bits per heavy atom. The van der Waals surface area contributed by atoms with Crippen LogP contribution in [-0.4, -0.2) is 48.9 Å². The molecule has 1 N–H and O–H groups in total. The van der Waals surface area contributed by atoms with Gasteiger partial charge in [-0.05, 0) is 81.8 Å². The van der Waals surface area contributed by atoms with E-state index in [2.05, 4.69) is 11.6 Å². The number of benzene rings is 2. The summed E-state index contributed by atoms with van der Waals surface area (Å²) in [5.41, 5.74) is 2.09. The molecular weight excluding hydrogens is 519 g/mol. The number of rotatable bonds is 6. The fourth-order valence-electron chi connectivity index (χ4n) is 5.39. The van der Waals surface area contributed by atoms with Crippen molar-refractivity contribution >= 4 is 35.8 Å². The van der Waals surface area contributed by atoms with E-state index < -0.39 is 11.6 Å². The van der Waals surface area contributed by atoms with Crippen LogP contribution in [-0.2, 0) is 14.9 Å². The van der Waals surface area contributed by atoms with E-state index >= 15 is 0 Å². The summed E-state index contributed by atoms with van der Waals surface area (Å²) >= 11 is 1.27. The summed E-state index contributed by atoms with van der Waals surface area (Å²) in [4.78, 5) is 28.0. The number of methoxy groups -OCH3 is 1. The van der Waals surface area contributed by atoms with Crippen molar-refractivity contribution in [2.45, 2.75) is 68.9 Å². The Hall–Kier alpha value is -3.20. The first-order chi connectivity index (χ1) is 18.5. The van der Waals surface area contributed by atoms with Crippen LogP contribution in [0, 0.1) is 11.7 Å². The lowest BCUT2D eigenvalue weighted by Gasteiger charge is -2.27. The van der Waals surface area contributed by atoms with Gasteiger partial charge in [-0.15, -0.1) is 0 Å². The molecule has 9 heteroatoms. The highest BCUT2D eigenvalue weighted by Gasteiger charge is 2.56. The van der Waals surface area contributed by atoms with Gasteiger partial charge in [0.2, 0.25) is 0 Å². The van der Waals surface area contributed by atoms with Gasteiger partial charge in [-0.1, -0.05) is 25.1 Å². The van der Waals surface area contributed by atoms with Crippen molar-refractivity contribution in [3.63, 3.8) is 0 Å². The first-order valence-corrected chi connectivity index (χ1v) is 14.1. The van der Waals surface area contributed by atoms with Crippen LogP contribution >= 0.6 is 11.9 Å². The number of ether oxygens (including phenoxy) is 3. The van der Waals surface area contributed by atoms with Gasteiger partial charge < -0.3 is 23.8 Å². The number of esters is 1. The first kappa shape index (κ1) is 27.4. The van der Waals surface area contributed by atoms with Crippen molar-refractivity contribution in [2.75, 3.05) is 25.0 Å². The van der Waals surface area contributed by atoms with Crippen molar-refractivity contribution in [1.82, 2.24) is 4.90 Å². The van der Waals surface area contributed by atoms with Gasteiger partial charge in [-0.2, -0.15) is 0 Å². The summed E-state index contributed by atoms with van der Waals surface area (Å²) in [5, 5.41) is 0. The molecule has 2 fully saturated rings. The van der Waals surface area contributed by atoms with Gasteiger partial charge in [-0.25, -0.2) is 14.0 Å². The minimum Gasteiger partial charge on any atom is -0.492 e. The van der Waals surface area contributed by atoms with Crippen molar-refractivity contribution in [3.05, 3.63) is 58.9 Å². The third-order valence-corrected chi connectivity index (χ3v) is 8.58. The molecule has 0 radical (unpaired) electrons. The highest BCUT2D eigenvalue weighted by atomic mass is 32.2. The summed E-state index contributed by atoms with van der Waals surface area (Å²) in [6, 6.07) is 8.30. The number of fused-ring (bicyclic) bond motifs is 3. The number of nitrogens with one attached hydrogen (secondary N) is 1. The summed E-state index contributed by atoms with van der Waals surface area (Å²) < 4.78 is 34.2. The Labute approximate surface area is 233 Å². The number of hydrogen-bond acceptors (Lipinski definition) is 7. The summed E-state index contributed by atoms with van der Waals surface area (Å²) in [7, 11) is 1.36. The molecule has 1 amide bonds. The fourth-order valence-corrected chi connectivity index (χ4v) is 6.16. The normalized spacial score (nSPS) is 23.6. The highest BCUT2D eigenvalue weighted by Crippen LogP contribution is 2.60. The molecule has 1 aliphatic carbocycles. The number of carbonyl (C=O) groups is 2. The van der Waals surface area contributed by atoms with Crippen LogP contribution in [0.1, 0.15) is 68.4 Å². The maximum Gasteiger partial charge on any atom is 0.410 e. The van der Waals surface area contributed by atoms with Gasteiger partial charge in [-0.3, -0.25) is 0 Å². The van der Waals surface area contributed by atoms with Crippen LogP contribution in [0.4, 0.5) is 14.9 Å². The quantitative estimate of drug-likeness (QED) is 0.310. The zero-order valence-corrected chi connectivity index (χ0v) is 23.8. The van der Waals surface area contributed by atoms with Crippen LogP contribution in [0.3, 0.4) is 0 Å². The van der Waals surface area contributed by atoms with Crippen molar-refractivity contribution < 1.29 is 28.2 Å². The Morgan fingerprint density at radius 3 is 2.79 bits per heavy atom. The summed E-state index contributed by atoms with van der Waals surface area (Å²) in [6.07, 6.45) is 6.14. The number of likely N-dealkylation sites (tertiary alicyclic amines) is 1. The average Bonchev–Trinajstić information content (AvgIpc) is 3.35. The molecule has 3 atom stereocenters. The number of nitrogens with zero attached hydrogens (tertiary/aromatic N) is 1. The van der Waals surface area contributed by atoms with E-state index in [0.717, 1.165) is 29.7 Å². The van der Waals surface area contributed by atoms with Crippen molar-refractivity contribution in [3.8, 4) is 5.75 Å². The largest absolute Gasteiger partial charge is 0.492 e. The zero-order chi connectivity index (χ0) is 27.9. The second kappa shape index (κ2) is 10.4. The lowest BCUT2D eigenvalue weighted by molar-refractivity contribution is 0.0256. The van der Waals surface area contributed by atoms with E-state index in [-0.39, 0.29) is 23.4 Å². The molecule has 2 aromatic rings. The average molecular weight is 555 g/mol. The molecule has 7 nitrogen and oxygen atoms in total. The van der Waals surface area contributed by atoms with E-state index in [1.807, 2.05) is 45.1 Å². The molecule has 0 aromatic heterocycles. The molecule has 0 unspecified atom stereocenters. The minimum atomic E-state index is -0.575. The molecule has 2 heterocycles. The number of amides is 1. The highest BCUT2D eigenvalue weighted by molar-refractivity contribution is 8.00. The SMILES string of the molecule is COC(=O)c1c(NSc2ccc(F)cc2/C=C\[C@@H]2CCCN2C(=O)OC(C)(C)C)ccc2c1OC[C@@H]1C[C@]21C. The molecule has 3 aliphatic rings. The van der Waals surface area contributed by atoms with E-state index in [1.165, 1.54) is 31.2 Å². The second-order valence-electron chi connectivity index (χ2n) is 11.6. The van der Waals surface area contributed by atoms with Gasteiger partial charge in [0.05, 0.1) is 25.4 Å². The lowest BCUT2D eigenvalue weighted by atomic mass is 9.90.